The van der Waals surface area contributed by atoms with E-state index in [1.165, 1.54) is 18.2 Å². The summed E-state index contributed by atoms with van der Waals surface area (Å²) >= 11 is 0. The van der Waals surface area contributed by atoms with Gasteiger partial charge in [0.1, 0.15) is 6.07 Å². The van der Waals surface area contributed by atoms with Gasteiger partial charge in [-0.05, 0) is 12.5 Å². The molecule has 7 nitrogen and oxygen atoms in total. The fourth-order valence-electron chi connectivity index (χ4n) is 2.01. The van der Waals surface area contributed by atoms with Crippen LogP contribution in [0.25, 0.3) is 0 Å². The third-order valence-corrected chi connectivity index (χ3v) is 2.91. The fourth-order valence-corrected chi connectivity index (χ4v) is 2.01. The molecule has 19 heavy (non-hydrogen) atoms. The average Bonchev–Trinajstić information content (AvgIpc) is 2.62. The van der Waals surface area contributed by atoms with E-state index in [1.54, 1.807) is 4.90 Å². The van der Waals surface area contributed by atoms with Gasteiger partial charge in [-0.3, -0.25) is 14.9 Å². The van der Waals surface area contributed by atoms with Gasteiger partial charge in [0.15, 0.2) is 0 Å². The SMILES string of the molecule is N#Cc1cc([N+](=O)[O-])ccc1N1CCCNC(=O)C1. The first-order chi connectivity index (χ1) is 9.11. The van der Waals surface area contributed by atoms with Gasteiger partial charge in [-0.15, -0.1) is 0 Å². The van der Waals surface area contributed by atoms with Gasteiger partial charge in [0.05, 0.1) is 22.7 Å². The van der Waals surface area contributed by atoms with Crippen LogP contribution in [0.3, 0.4) is 0 Å². The van der Waals surface area contributed by atoms with Crippen LogP contribution in [-0.4, -0.2) is 30.5 Å². The Morgan fingerprint density at radius 1 is 1.47 bits per heavy atom. The molecule has 2 rings (SSSR count). The molecule has 0 radical (unpaired) electrons. The maximum atomic E-state index is 11.5. The predicted octanol–water partition coefficient (Wildman–Crippen LogP) is 0.793. The van der Waals surface area contributed by atoms with Crippen LogP contribution in [0.2, 0.25) is 0 Å². The lowest BCUT2D eigenvalue weighted by molar-refractivity contribution is -0.384. The van der Waals surface area contributed by atoms with Gasteiger partial charge in [0.2, 0.25) is 5.91 Å². The summed E-state index contributed by atoms with van der Waals surface area (Å²) in [5.74, 6) is -0.111. The minimum Gasteiger partial charge on any atom is -0.361 e. The first-order valence-corrected chi connectivity index (χ1v) is 5.82. The van der Waals surface area contributed by atoms with Crippen molar-refractivity contribution in [3.8, 4) is 6.07 Å². The summed E-state index contributed by atoms with van der Waals surface area (Å²) in [6.07, 6.45) is 0.771. The summed E-state index contributed by atoms with van der Waals surface area (Å²) in [6, 6.07) is 6.05. The second-order valence-electron chi connectivity index (χ2n) is 4.20. The lowest BCUT2D eigenvalue weighted by Gasteiger charge is -2.22. The normalized spacial score (nSPS) is 15.3. The van der Waals surface area contributed by atoms with Gasteiger partial charge in [0.25, 0.3) is 5.69 Å². The molecule has 0 atom stereocenters. The van der Waals surface area contributed by atoms with E-state index in [1.807, 2.05) is 6.07 Å². The monoisotopic (exact) mass is 260 g/mol. The van der Waals surface area contributed by atoms with E-state index in [0.29, 0.717) is 18.8 Å². The number of nitrogens with zero attached hydrogens (tertiary/aromatic N) is 3. The number of nitro benzene ring substituents is 1. The minimum absolute atomic E-state index is 0.111. The zero-order valence-electron chi connectivity index (χ0n) is 10.1. The second-order valence-corrected chi connectivity index (χ2v) is 4.20. The summed E-state index contributed by atoms with van der Waals surface area (Å²) < 4.78 is 0. The third kappa shape index (κ3) is 2.80. The molecule has 1 aromatic rings. The highest BCUT2D eigenvalue weighted by Crippen LogP contribution is 2.25. The molecule has 7 heteroatoms. The highest BCUT2D eigenvalue weighted by atomic mass is 16.6. The number of hydrogen-bond acceptors (Lipinski definition) is 5. The Morgan fingerprint density at radius 3 is 2.95 bits per heavy atom. The summed E-state index contributed by atoms with van der Waals surface area (Å²) in [5, 5.41) is 22.5. The van der Waals surface area contributed by atoms with Crippen molar-refractivity contribution < 1.29 is 9.72 Å². The van der Waals surface area contributed by atoms with Gasteiger partial charge in [-0.25, -0.2) is 0 Å². The molecule has 98 valence electrons. The Balaban J connectivity index is 2.36. The zero-order chi connectivity index (χ0) is 13.8. The smallest absolute Gasteiger partial charge is 0.270 e. The molecule has 1 amide bonds. The minimum atomic E-state index is -0.542. The van der Waals surface area contributed by atoms with Crippen LogP contribution in [0.5, 0.6) is 0 Å². The van der Waals surface area contributed by atoms with Crippen LogP contribution in [-0.2, 0) is 4.79 Å². The molecule has 0 aliphatic carbocycles. The van der Waals surface area contributed by atoms with E-state index in [4.69, 9.17) is 5.26 Å². The van der Waals surface area contributed by atoms with Crippen molar-refractivity contribution in [1.82, 2.24) is 5.32 Å². The standard InChI is InChI=1S/C12H12N4O3/c13-7-9-6-10(16(18)19)2-3-11(9)15-5-1-4-14-12(17)8-15/h2-3,6H,1,4-5,8H2,(H,14,17). The van der Waals surface area contributed by atoms with E-state index in [-0.39, 0.29) is 23.7 Å². The average molecular weight is 260 g/mol. The number of amides is 1. The lowest BCUT2D eigenvalue weighted by Crippen LogP contribution is -2.33. The molecular weight excluding hydrogens is 248 g/mol. The quantitative estimate of drug-likeness (QED) is 0.626. The molecule has 1 fully saturated rings. The van der Waals surface area contributed by atoms with Gasteiger partial charge in [0, 0.05) is 25.2 Å². The molecule has 0 saturated carbocycles. The van der Waals surface area contributed by atoms with E-state index in [9.17, 15) is 14.9 Å². The van der Waals surface area contributed by atoms with E-state index < -0.39 is 4.92 Å². The molecule has 1 aromatic carbocycles. The number of anilines is 1. The molecule has 1 saturated heterocycles. The Morgan fingerprint density at radius 2 is 2.26 bits per heavy atom. The molecule has 0 unspecified atom stereocenters. The van der Waals surface area contributed by atoms with Crippen LogP contribution in [0.15, 0.2) is 18.2 Å². The first-order valence-electron chi connectivity index (χ1n) is 5.82. The largest absolute Gasteiger partial charge is 0.361 e. The van der Waals surface area contributed by atoms with E-state index in [0.717, 1.165) is 6.42 Å². The Kier molecular flexibility index (Phi) is 3.61. The highest BCUT2D eigenvalue weighted by Gasteiger charge is 2.19. The maximum Gasteiger partial charge on any atom is 0.270 e. The highest BCUT2D eigenvalue weighted by molar-refractivity contribution is 5.82. The summed E-state index contributed by atoms with van der Waals surface area (Å²) in [5.41, 5.74) is 0.647. The summed E-state index contributed by atoms with van der Waals surface area (Å²) in [6.45, 7) is 1.39. The van der Waals surface area contributed by atoms with E-state index >= 15 is 0 Å². The van der Waals surface area contributed by atoms with Crippen LogP contribution >= 0.6 is 0 Å². The van der Waals surface area contributed by atoms with Crippen LogP contribution in [0.1, 0.15) is 12.0 Å². The number of hydrogen-bond donors (Lipinski definition) is 1. The van der Waals surface area contributed by atoms with Gasteiger partial charge >= 0.3 is 0 Å². The second kappa shape index (κ2) is 5.35. The number of rotatable bonds is 2. The van der Waals surface area contributed by atoms with Crippen molar-refractivity contribution in [1.29, 1.82) is 5.26 Å². The molecule has 0 aromatic heterocycles. The van der Waals surface area contributed by atoms with E-state index in [2.05, 4.69) is 5.32 Å². The lowest BCUT2D eigenvalue weighted by atomic mass is 10.1. The molecule has 1 aliphatic rings. The number of carbonyl (C=O) groups excluding carboxylic acids is 1. The van der Waals surface area contributed by atoms with Crippen molar-refractivity contribution in [3.63, 3.8) is 0 Å². The van der Waals surface area contributed by atoms with Gasteiger partial charge < -0.3 is 10.2 Å². The number of nitro groups is 1. The maximum absolute atomic E-state index is 11.5. The topological polar surface area (TPSA) is 99.3 Å². The molecular formula is C12H12N4O3. The predicted molar refractivity (Wildman–Crippen MR) is 67.7 cm³/mol. The Bertz CT molecular complexity index is 565. The number of carbonyl (C=O) groups is 1. The summed E-state index contributed by atoms with van der Waals surface area (Å²) in [4.78, 5) is 23.4. The van der Waals surface area contributed by atoms with Crippen LogP contribution in [0.4, 0.5) is 11.4 Å². The molecule has 1 aliphatic heterocycles. The number of nitriles is 1. The van der Waals surface area contributed by atoms with Gasteiger partial charge in [-0.1, -0.05) is 0 Å². The number of nitrogens with one attached hydrogen (secondary N) is 1. The van der Waals surface area contributed by atoms with Crippen LogP contribution in [0, 0.1) is 21.4 Å². The van der Waals surface area contributed by atoms with Crippen molar-refractivity contribution in [2.24, 2.45) is 0 Å². The molecule has 1 N–H and O–H groups in total. The number of non-ortho nitro benzene ring substituents is 1. The van der Waals surface area contributed by atoms with Crippen molar-refractivity contribution in [2.45, 2.75) is 6.42 Å². The van der Waals surface area contributed by atoms with Crippen molar-refractivity contribution >= 4 is 17.3 Å². The molecule has 0 bridgehead atoms. The first kappa shape index (κ1) is 12.8. The fraction of sp³-hybridized carbons (Fsp3) is 0.333. The Hall–Kier alpha value is -2.62. The zero-order valence-corrected chi connectivity index (χ0v) is 10.1. The Labute approximate surface area is 109 Å². The van der Waals surface area contributed by atoms with Gasteiger partial charge in [-0.2, -0.15) is 5.26 Å². The van der Waals surface area contributed by atoms with Crippen molar-refractivity contribution in [2.75, 3.05) is 24.5 Å². The molecule has 0 spiro atoms. The third-order valence-electron chi connectivity index (χ3n) is 2.91. The summed E-state index contributed by atoms with van der Waals surface area (Å²) in [7, 11) is 0. The van der Waals surface area contributed by atoms with Crippen molar-refractivity contribution in [3.05, 3.63) is 33.9 Å². The van der Waals surface area contributed by atoms with Crippen LogP contribution < -0.4 is 10.2 Å². The number of benzene rings is 1. The molecule has 1 heterocycles.